The molecule has 1 amide bonds. The first kappa shape index (κ1) is 20.3. The van der Waals surface area contributed by atoms with Crippen LogP contribution in [0.2, 0.25) is 0 Å². The maximum atomic E-state index is 13.0. The van der Waals surface area contributed by atoms with Gasteiger partial charge < -0.3 is 10.1 Å². The SMILES string of the molecule is C[C@H](NC(=O)[C@@H](C)Oc1ccc(C(=O)c2ccccc2)cc1)c1ccc(F)cc1. The molecule has 0 unspecified atom stereocenters. The van der Waals surface area contributed by atoms with Crippen LogP contribution in [0.4, 0.5) is 4.39 Å². The predicted molar refractivity (Wildman–Crippen MR) is 109 cm³/mol. The number of hydrogen-bond donors (Lipinski definition) is 1. The molecule has 0 radical (unpaired) electrons. The van der Waals surface area contributed by atoms with E-state index in [1.165, 1.54) is 12.1 Å². The highest BCUT2D eigenvalue weighted by molar-refractivity contribution is 6.08. The van der Waals surface area contributed by atoms with E-state index in [0.717, 1.165) is 5.56 Å². The minimum Gasteiger partial charge on any atom is -0.481 e. The lowest BCUT2D eigenvalue weighted by atomic mass is 10.0. The molecular formula is C24H22FNO3. The molecule has 0 saturated heterocycles. The minimum absolute atomic E-state index is 0.0731. The van der Waals surface area contributed by atoms with E-state index in [4.69, 9.17) is 4.74 Å². The van der Waals surface area contributed by atoms with Crippen LogP contribution in [0.25, 0.3) is 0 Å². The fraction of sp³-hybridized carbons (Fsp3) is 0.167. The van der Waals surface area contributed by atoms with Crippen LogP contribution < -0.4 is 10.1 Å². The standard InChI is InChI=1S/C24H22FNO3/c1-16(18-8-12-21(25)13-9-18)26-24(28)17(2)29-22-14-10-20(11-15-22)23(27)19-6-4-3-5-7-19/h3-17H,1-2H3,(H,26,28)/t16-,17+/m0/s1. The molecule has 3 aromatic carbocycles. The first-order chi connectivity index (χ1) is 13.9. The molecule has 29 heavy (non-hydrogen) atoms. The number of amides is 1. The monoisotopic (exact) mass is 391 g/mol. The lowest BCUT2D eigenvalue weighted by Crippen LogP contribution is -2.37. The Kier molecular flexibility index (Phi) is 6.39. The average molecular weight is 391 g/mol. The van der Waals surface area contributed by atoms with Crippen LogP contribution in [0.3, 0.4) is 0 Å². The van der Waals surface area contributed by atoms with E-state index in [9.17, 15) is 14.0 Å². The van der Waals surface area contributed by atoms with Crippen molar-refractivity contribution in [2.24, 2.45) is 0 Å². The maximum Gasteiger partial charge on any atom is 0.261 e. The molecule has 2 atom stereocenters. The van der Waals surface area contributed by atoms with Crippen molar-refractivity contribution >= 4 is 11.7 Å². The number of carbonyl (C=O) groups is 2. The van der Waals surface area contributed by atoms with Gasteiger partial charge in [-0.25, -0.2) is 4.39 Å². The number of benzene rings is 3. The molecule has 3 aromatic rings. The van der Waals surface area contributed by atoms with Crippen molar-refractivity contribution in [3.63, 3.8) is 0 Å². The Morgan fingerprint density at radius 2 is 1.41 bits per heavy atom. The second kappa shape index (κ2) is 9.15. The lowest BCUT2D eigenvalue weighted by molar-refractivity contribution is -0.127. The van der Waals surface area contributed by atoms with E-state index >= 15 is 0 Å². The van der Waals surface area contributed by atoms with Crippen molar-refractivity contribution in [2.45, 2.75) is 26.0 Å². The topological polar surface area (TPSA) is 55.4 Å². The zero-order valence-corrected chi connectivity index (χ0v) is 16.3. The minimum atomic E-state index is -0.728. The largest absolute Gasteiger partial charge is 0.481 e. The average Bonchev–Trinajstić information content (AvgIpc) is 2.74. The van der Waals surface area contributed by atoms with Gasteiger partial charge in [-0.05, 0) is 55.8 Å². The Morgan fingerprint density at radius 1 is 0.828 bits per heavy atom. The van der Waals surface area contributed by atoms with Crippen LogP contribution in [-0.4, -0.2) is 17.8 Å². The van der Waals surface area contributed by atoms with E-state index in [1.807, 2.05) is 25.1 Å². The fourth-order valence-corrected chi connectivity index (χ4v) is 2.86. The lowest BCUT2D eigenvalue weighted by Gasteiger charge is -2.19. The van der Waals surface area contributed by atoms with Crippen LogP contribution in [0, 0.1) is 5.82 Å². The molecular weight excluding hydrogens is 369 g/mol. The van der Waals surface area contributed by atoms with E-state index in [2.05, 4.69) is 5.32 Å². The highest BCUT2D eigenvalue weighted by atomic mass is 19.1. The summed E-state index contributed by atoms with van der Waals surface area (Å²) in [6, 6.07) is 21.4. The normalized spacial score (nSPS) is 12.7. The zero-order valence-electron chi connectivity index (χ0n) is 16.3. The van der Waals surface area contributed by atoms with Crippen LogP contribution in [0.1, 0.15) is 41.4 Å². The molecule has 0 heterocycles. The summed E-state index contributed by atoms with van der Waals surface area (Å²) in [6.45, 7) is 3.47. The van der Waals surface area contributed by atoms with Crippen LogP contribution in [-0.2, 0) is 4.79 Å². The van der Waals surface area contributed by atoms with Gasteiger partial charge in [0.15, 0.2) is 11.9 Å². The van der Waals surface area contributed by atoms with Gasteiger partial charge in [0.05, 0.1) is 6.04 Å². The molecule has 1 N–H and O–H groups in total. The second-order valence-electron chi connectivity index (χ2n) is 6.76. The summed E-state index contributed by atoms with van der Waals surface area (Å²) in [4.78, 5) is 24.8. The highest BCUT2D eigenvalue weighted by Gasteiger charge is 2.18. The third-order valence-corrected chi connectivity index (χ3v) is 4.56. The van der Waals surface area contributed by atoms with Crippen LogP contribution in [0.5, 0.6) is 5.75 Å². The van der Waals surface area contributed by atoms with Gasteiger partial charge in [0.1, 0.15) is 11.6 Å². The maximum absolute atomic E-state index is 13.0. The highest BCUT2D eigenvalue weighted by Crippen LogP contribution is 2.18. The number of ketones is 1. The zero-order chi connectivity index (χ0) is 20.8. The Balaban J connectivity index is 1.58. The molecule has 0 saturated carbocycles. The molecule has 0 aromatic heterocycles. The third-order valence-electron chi connectivity index (χ3n) is 4.56. The second-order valence-corrected chi connectivity index (χ2v) is 6.76. The molecule has 148 valence electrons. The number of halogens is 1. The van der Waals surface area contributed by atoms with Crippen LogP contribution in [0.15, 0.2) is 78.9 Å². The number of rotatable bonds is 7. The molecule has 0 aliphatic heterocycles. The van der Waals surface area contributed by atoms with Crippen molar-refractivity contribution in [3.05, 3.63) is 101 Å². The van der Waals surface area contributed by atoms with Gasteiger partial charge in [-0.2, -0.15) is 0 Å². The van der Waals surface area contributed by atoms with Crippen molar-refractivity contribution in [1.82, 2.24) is 5.32 Å². The van der Waals surface area contributed by atoms with Gasteiger partial charge in [-0.15, -0.1) is 0 Å². The van der Waals surface area contributed by atoms with Gasteiger partial charge in [0, 0.05) is 11.1 Å². The molecule has 5 heteroatoms. The number of carbonyl (C=O) groups excluding carboxylic acids is 2. The Hall–Kier alpha value is -3.47. The Labute approximate surface area is 169 Å². The summed E-state index contributed by atoms with van der Waals surface area (Å²) in [5, 5.41) is 2.85. The first-order valence-corrected chi connectivity index (χ1v) is 9.36. The molecule has 0 aliphatic rings. The van der Waals surface area contributed by atoms with E-state index in [1.54, 1.807) is 55.5 Å². The van der Waals surface area contributed by atoms with E-state index < -0.39 is 6.10 Å². The van der Waals surface area contributed by atoms with E-state index in [-0.39, 0.29) is 23.5 Å². The molecule has 4 nitrogen and oxygen atoms in total. The first-order valence-electron chi connectivity index (χ1n) is 9.36. The summed E-state index contributed by atoms with van der Waals surface area (Å²) in [7, 11) is 0. The Bertz CT molecular complexity index is 969. The van der Waals surface area contributed by atoms with Gasteiger partial charge in [0.2, 0.25) is 0 Å². The van der Waals surface area contributed by atoms with Gasteiger partial charge in [-0.3, -0.25) is 9.59 Å². The molecule has 0 fully saturated rings. The van der Waals surface area contributed by atoms with E-state index in [0.29, 0.717) is 16.9 Å². The van der Waals surface area contributed by atoms with Gasteiger partial charge >= 0.3 is 0 Å². The summed E-state index contributed by atoms with van der Waals surface area (Å²) < 4.78 is 18.7. The quantitative estimate of drug-likeness (QED) is 0.594. The van der Waals surface area contributed by atoms with Crippen molar-refractivity contribution < 1.29 is 18.7 Å². The van der Waals surface area contributed by atoms with Gasteiger partial charge in [0.25, 0.3) is 5.91 Å². The fourth-order valence-electron chi connectivity index (χ4n) is 2.86. The third kappa shape index (κ3) is 5.29. The smallest absolute Gasteiger partial charge is 0.261 e. The summed E-state index contributed by atoms with van der Waals surface area (Å²) >= 11 is 0. The molecule has 0 aliphatic carbocycles. The van der Waals surface area contributed by atoms with Crippen LogP contribution >= 0.6 is 0 Å². The summed E-state index contributed by atoms with van der Waals surface area (Å²) in [5.41, 5.74) is 1.96. The van der Waals surface area contributed by atoms with Crippen molar-refractivity contribution in [1.29, 1.82) is 0 Å². The van der Waals surface area contributed by atoms with Crippen molar-refractivity contribution in [3.8, 4) is 5.75 Å². The number of hydrogen-bond acceptors (Lipinski definition) is 3. The number of nitrogens with one attached hydrogen (secondary N) is 1. The molecule has 0 bridgehead atoms. The molecule has 0 spiro atoms. The molecule has 3 rings (SSSR count). The predicted octanol–water partition coefficient (Wildman–Crippen LogP) is 4.70. The van der Waals surface area contributed by atoms with Gasteiger partial charge in [-0.1, -0.05) is 42.5 Å². The van der Waals surface area contributed by atoms with Crippen molar-refractivity contribution in [2.75, 3.05) is 0 Å². The Morgan fingerprint density at radius 3 is 2.03 bits per heavy atom. The number of ether oxygens (including phenoxy) is 1. The summed E-state index contributed by atoms with van der Waals surface area (Å²) in [5.74, 6) is -0.188. The summed E-state index contributed by atoms with van der Waals surface area (Å²) in [6.07, 6.45) is -0.728.